The summed E-state index contributed by atoms with van der Waals surface area (Å²) in [5, 5.41) is 12.9. The molecule has 0 saturated heterocycles. The molecule has 0 radical (unpaired) electrons. The van der Waals surface area contributed by atoms with Crippen LogP contribution in [0, 0.1) is 0 Å². The van der Waals surface area contributed by atoms with Gasteiger partial charge in [0.1, 0.15) is 6.04 Å². The first kappa shape index (κ1) is 22.1. The van der Waals surface area contributed by atoms with Gasteiger partial charge in [-0.2, -0.15) is 0 Å². The standard InChI is InChI=1S/C21H22ClN7O2S/c1-12(28(2)3)19-26-27-21(29(19)15-7-4-13(22)5-8-15)32-11-18(30)23-14-6-9-16-17(10-14)25-20(31)24-16/h4-10,12H,11H2,1-3H3,(H,23,30)(H2,24,25,31)/p+1/t12-/m0/s1. The van der Waals surface area contributed by atoms with Crippen LogP contribution in [0.1, 0.15) is 18.8 Å². The molecule has 0 aliphatic carbocycles. The van der Waals surface area contributed by atoms with Crippen molar-refractivity contribution in [3.05, 3.63) is 63.8 Å². The van der Waals surface area contributed by atoms with E-state index in [1.807, 2.05) is 28.8 Å². The molecule has 1 atom stereocenters. The molecule has 0 fully saturated rings. The summed E-state index contributed by atoms with van der Waals surface area (Å²) < 4.78 is 1.96. The van der Waals surface area contributed by atoms with Gasteiger partial charge >= 0.3 is 5.69 Å². The lowest BCUT2D eigenvalue weighted by Gasteiger charge is -2.18. The van der Waals surface area contributed by atoms with Gasteiger partial charge in [0.05, 0.1) is 30.9 Å². The van der Waals surface area contributed by atoms with E-state index in [9.17, 15) is 9.59 Å². The van der Waals surface area contributed by atoms with Crippen LogP contribution >= 0.6 is 23.4 Å². The van der Waals surface area contributed by atoms with Crippen molar-refractivity contribution in [3.63, 3.8) is 0 Å². The maximum Gasteiger partial charge on any atom is 0.323 e. The third-order valence-corrected chi connectivity index (χ3v) is 6.31. The van der Waals surface area contributed by atoms with Crippen molar-refractivity contribution in [2.75, 3.05) is 25.2 Å². The van der Waals surface area contributed by atoms with Gasteiger partial charge in [-0.3, -0.25) is 9.36 Å². The van der Waals surface area contributed by atoms with Crippen LogP contribution in [0.5, 0.6) is 0 Å². The fraction of sp³-hybridized carbons (Fsp3) is 0.238. The molecule has 0 bridgehead atoms. The number of nitrogens with zero attached hydrogens (tertiary/aromatic N) is 3. The van der Waals surface area contributed by atoms with Crippen molar-refractivity contribution in [1.82, 2.24) is 24.7 Å². The molecular formula is C21H23ClN7O2S+. The summed E-state index contributed by atoms with van der Waals surface area (Å²) in [6, 6.07) is 12.7. The molecule has 2 aromatic heterocycles. The minimum Gasteiger partial charge on any atom is -0.331 e. The molecule has 4 aromatic rings. The topological polar surface area (TPSA) is 113 Å². The van der Waals surface area contributed by atoms with Gasteiger partial charge in [0.25, 0.3) is 0 Å². The second kappa shape index (κ2) is 9.19. The number of aromatic amines is 2. The fourth-order valence-electron chi connectivity index (χ4n) is 3.18. The van der Waals surface area contributed by atoms with Gasteiger partial charge in [0, 0.05) is 16.4 Å². The molecule has 11 heteroatoms. The molecule has 0 spiro atoms. The number of thioether (sulfide) groups is 1. The second-order valence-electron chi connectivity index (χ2n) is 7.63. The van der Waals surface area contributed by atoms with E-state index in [1.54, 1.807) is 18.2 Å². The number of hydrogen-bond donors (Lipinski definition) is 4. The van der Waals surface area contributed by atoms with Gasteiger partial charge in [-0.25, -0.2) is 4.79 Å². The minimum atomic E-state index is -0.287. The van der Waals surface area contributed by atoms with Crippen molar-refractivity contribution >= 4 is 46.0 Å². The van der Waals surface area contributed by atoms with E-state index in [4.69, 9.17) is 11.6 Å². The van der Waals surface area contributed by atoms with Gasteiger partial charge < -0.3 is 20.2 Å². The van der Waals surface area contributed by atoms with Crippen molar-refractivity contribution in [1.29, 1.82) is 0 Å². The quantitative estimate of drug-likeness (QED) is 0.307. The van der Waals surface area contributed by atoms with E-state index in [1.165, 1.54) is 16.7 Å². The zero-order valence-corrected chi connectivity index (χ0v) is 19.3. The number of rotatable bonds is 7. The Kier molecular flexibility index (Phi) is 6.35. The van der Waals surface area contributed by atoms with Gasteiger partial charge in [0.15, 0.2) is 11.0 Å². The Morgan fingerprint density at radius 2 is 1.88 bits per heavy atom. The molecule has 166 valence electrons. The first-order valence-electron chi connectivity index (χ1n) is 9.98. The number of anilines is 1. The van der Waals surface area contributed by atoms with Crippen molar-refractivity contribution < 1.29 is 9.69 Å². The van der Waals surface area contributed by atoms with E-state index in [-0.39, 0.29) is 23.4 Å². The Labute approximate surface area is 193 Å². The molecule has 32 heavy (non-hydrogen) atoms. The van der Waals surface area contributed by atoms with E-state index >= 15 is 0 Å². The summed E-state index contributed by atoms with van der Waals surface area (Å²) in [5.74, 6) is 0.763. The molecule has 0 aliphatic rings. The smallest absolute Gasteiger partial charge is 0.323 e. The van der Waals surface area contributed by atoms with Crippen LogP contribution in [0.3, 0.4) is 0 Å². The summed E-state index contributed by atoms with van der Waals surface area (Å²) in [7, 11) is 4.11. The van der Waals surface area contributed by atoms with Crippen LogP contribution in [0.25, 0.3) is 16.7 Å². The monoisotopic (exact) mass is 472 g/mol. The third-order valence-electron chi connectivity index (χ3n) is 5.13. The average molecular weight is 473 g/mol. The zero-order chi connectivity index (χ0) is 22.8. The molecule has 2 aromatic carbocycles. The van der Waals surface area contributed by atoms with E-state index < -0.39 is 0 Å². The second-order valence-corrected chi connectivity index (χ2v) is 9.01. The predicted molar refractivity (Wildman–Crippen MR) is 126 cm³/mol. The lowest BCUT2D eigenvalue weighted by atomic mass is 10.2. The number of benzene rings is 2. The molecule has 2 heterocycles. The molecular weight excluding hydrogens is 450 g/mol. The Morgan fingerprint density at radius 1 is 1.16 bits per heavy atom. The number of nitrogens with one attached hydrogen (secondary N) is 4. The first-order valence-corrected chi connectivity index (χ1v) is 11.3. The lowest BCUT2D eigenvalue weighted by Crippen LogP contribution is -3.05. The number of H-pyrrole nitrogens is 2. The SMILES string of the molecule is C[C@@H](c1nnc(SCC(=O)Nc2ccc3[nH]c(=O)[nH]c3c2)n1-c1ccc(Cl)cc1)[NH+](C)C. The maximum absolute atomic E-state index is 12.6. The lowest BCUT2D eigenvalue weighted by molar-refractivity contribution is -0.890. The molecule has 1 amide bonds. The number of aromatic nitrogens is 5. The number of imidazole rings is 1. The predicted octanol–water partition coefficient (Wildman–Crippen LogP) is 2.03. The third kappa shape index (κ3) is 4.72. The number of fused-ring (bicyclic) bond motifs is 1. The van der Waals surface area contributed by atoms with Crippen LogP contribution < -0.4 is 15.9 Å². The summed E-state index contributed by atoms with van der Waals surface area (Å²) in [6.07, 6.45) is 0. The van der Waals surface area contributed by atoms with Crippen molar-refractivity contribution in [2.24, 2.45) is 0 Å². The van der Waals surface area contributed by atoms with Crippen LogP contribution in [0.4, 0.5) is 5.69 Å². The van der Waals surface area contributed by atoms with Gasteiger partial charge in [0.2, 0.25) is 5.91 Å². The Morgan fingerprint density at radius 3 is 2.59 bits per heavy atom. The zero-order valence-electron chi connectivity index (χ0n) is 17.8. The van der Waals surface area contributed by atoms with Gasteiger partial charge in [-0.15, -0.1) is 10.2 Å². The molecule has 4 N–H and O–H groups in total. The number of quaternary nitrogens is 1. The van der Waals surface area contributed by atoms with Crippen LogP contribution in [0.2, 0.25) is 5.02 Å². The highest BCUT2D eigenvalue weighted by atomic mass is 35.5. The summed E-state index contributed by atoms with van der Waals surface area (Å²) in [5.41, 5.74) is 2.51. The number of carbonyl (C=O) groups is 1. The first-order chi connectivity index (χ1) is 15.3. The molecule has 0 aliphatic heterocycles. The number of halogens is 1. The highest BCUT2D eigenvalue weighted by Crippen LogP contribution is 2.25. The summed E-state index contributed by atoms with van der Waals surface area (Å²) in [6.45, 7) is 2.08. The normalized spacial score (nSPS) is 12.4. The summed E-state index contributed by atoms with van der Waals surface area (Å²) in [4.78, 5) is 30.6. The maximum atomic E-state index is 12.6. The Hall–Kier alpha value is -3.08. The molecule has 9 nitrogen and oxygen atoms in total. The largest absolute Gasteiger partial charge is 0.331 e. The van der Waals surface area contributed by atoms with Crippen molar-refractivity contribution in [3.8, 4) is 5.69 Å². The van der Waals surface area contributed by atoms with E-state index in [0.29, 0.717) is 26.9 Å². The molecule has 0 unspecified atom stereocenters. The van der Waals surface area contributed by atoms with Gasteiger partial charge in [-0.1, -0.05) is 23.4 Å². The highest BCUT2D eigenvalue weighted by Gasteiger charge is 2.24. The van der Waals surface area contributed by atoms with E-state index in [0.717, 1.165) is 11.5 Å². The van der Waals surface area contributed by atoms with E-state index in [2.05, 4.69) is 46.5 Å². The van der Waals surface area contributed by atoms with Gasteiger partial charge in [-0.05, 0) is 49.4 Å². The number of carbonyl (C=O) groups excluding carboxylic acids is 1. The average Bonchev–Trinajstić information content (AvgIpc) is 3.34. The summed E-state index contributed by atoms with van der Waals surface area (Å²) >= 11 is 7.36. The fourth-order valence-corrected chi connectivity index (χ4v) is 4.07. The van der Waals surface area contributed by atoms with Crippen molar-refractivity contribution in [2.45, 2.75) is 18.1 Å². The van der Waals surface area contributed by atoms with Crippen LogP contribution in [0.15, 0.2) is 52.4 Å². The molecule has 4 rings (SSSR count). The van der Waals surface area contributed by atoms with Crippen LogP contribution in [-0.2, 0) is 4.79 Å². The molecule has 0 saturated carbocycles. The Bertz CT molecular complexity index is 1310. The number of amides is 1. The number of hydrogen-bond acceptors (Lipinski definition) is 5. The minimum absolute atomic E-state index is 0.0941. The van der Waals surface area contributed by atoms with Crippen LogP contribution in [-0.4, -0.2) is 50.5 Å². The Balaban J connectivity index is 1.53. The highest BCUT2D eigenvalue weighted by molar-refractivity contribution is 7.99.